The molecule has 1 aliphatic rings. The third kappa shape index (κ3) is 3.53. The number of hydrogen-bond acceptors (Lipinski definition) is 5. The molecule has 0 aliphatic heterocycles. The zero-order chi connectivity index (χ0) is 17.9. The molecule has 0 radical (unpaired) electrons. The highest BCUT2D eigenvalue weighted by Crippen LogP contribution is 2.31. The van der Waals surface area contributed by atoms with Gasteiger partial charge in [0.2, 0.25) is 11.8 Å². The fourth-order valence-electron chi connectivity index (χ4n) is 3.82. The molecule has 0 fully saturated rings. The van der Waals surface area contributed by atoms with E-state index < -0.39 is 0 Å². The number of pyridine rings is 1. The van der Waals surface area contributed by atoms with Crippen LogP contribution in [0.5, 0.6) is 0 Å². The van der Waals surface area contributed by atoms with Crippen LogP contribution in [0.2, 0.25) is 0 Å². The summed E-state index contributed by atoms with van der Waals surface area (Å²) in [6, 6.07) is 12.4. The van der Waals surface area contributed by atoms with Crippen LogP contribution < -0.4 is 5.32 Å². The van der Waals surface area contributed by atoms with Crippen LogP contribution in [0.15, 0.2) is 40.8 Å². The zero-order valence-electron chi connectivity index (χ0n) is 15.3. The summed E-state index contributed by atoms with van der Waals surface area (Å²) in [4.78, 5) is 4.75. The number of aryl methyl sites for hydroxylation is 3. The van der Waals surface area contributed by atoms with E-state index in [2.05, 4.69) is 35.4 Å². The molecule has 2 aromatic heterocycles. The van der Waals surface area contributed by atoms with Gasteiger partial charge in [-0.3, -0.25) is 4.98 Å². The van der Waals surface area contributed by atoms with Crippen LogP contribution in [0.3, 0.4) is 0 Å². The second-order valence-electron chi connectivity index (χ2n) is 6.96. The van der Waals surface area contributed by atoms with Crippen molar-refractivity contribution in [2.45, 2.75) is 45.6 Å². The first-order chi connectivity index (χ1) is 12.7. The van der Waals surface area contributed by atoms with Gasteiger partial charge in [0.15, 0.2) is 0 Å². The Morgan fingerprint density at radius 1 is 1.15 bits per heavy atom. The van der Waals surface area contributed by atoms with Crippen molar-refractivity contribution >= 4 is 0 Å². The lowest BCUT2D eigenvalue weighted by Gasteiger charge is -2.27. The molecule has 1 aromatic carbocycles. The van der Waals surface area contributed by atoms with Gasteiger partial charge in [-0.2, -0.15) is 0 Å². The monoisotopic (exact) mass is 348 g/mol. The highest BCUT2D eigenvalue weighted by molar-refractivity contribution is 5.51. The Hall–Kier alpha value is -2.53. The van der Waals surface area contributed by atoms with Gasteiger partial charge in [0.25, 0.3) is 0 Å². The van der Waals surface area contributed by atoms with Gasteiger partial charge in [-0.1, -0.05) is 18.2 Å². The Morgan fingerprint density at radius 3 is 2.85 bits per heavy atom. The molecular weight excluding hydrogens is 324 g/mol. The Kier molecular flexibility index (Phi) is 4.80. The summed E-state index contributed by atoms with van der Waals surface area (Å²) in [6.45, 7) is 5.08. The van der Waals surface area contributed by atoms with Crippen molar-refractivity contribution in [3.05, 3.63) is 64.8 Å². The van der Waals surface area contributed by atoms with Gasteiger partial charge >= 0.3 is 0 Å². The summed E-state index contributed by atoms with van der Waals surface area (Å²) in [5.41, 5.74) is 6.06. The number of fused-ring (bicyclic) bond motifs is 1. The molecule has 1 N–H and O–H groups in total. The van der Waals surface area contributed by atoms with Gasteiger partial charge in [0, 0.05) is 36.0 Å². The number of benzene rings is 1. The number of nitrogens with zero attached hydrogens (tertiary/aromatic N) is 3. The first kappa shape index (κ1) is 16.9. The fraction of sp³-hybridized carbons (Fsp3) is 0.381. The average molecular weight is 348 g/mol. The van der Waals surface area contributed by atoms with E-state index in [1.54, 1.807) is 0 Å². The maximum atomic E-state index is 5.79. The predicted octanol–water partition coefficient (Wildman–Crippen LogP) is 3.96. The molecular formula is C21H24N4O. The molecule has 0 saturated carbocycles. The van der Waals surface area contributed by atoms with Crippen LogP contribution >= 0.6 is 0 Å². The van der Waals surface area contributed by atoms with Crippen molar-refractivity contribution in [3.63, 3.8) is 0 Å². The van der Waals surface area contributed by atoms with E-state index in [0.717, 1.165) is 37.1 Å². The van der Waals surface area contributed by atoms with E-state index in [4.69, 9.17) is 9.40 Å². The first-order valence-electron chi connectivity index (χ1n) is 9.29. The first-order valence-corrected chi connectivity index (χ1v) is 9.29. The minimum Gasteiger partial charge on any atom is -0.421 e. The molecule has 5 nitrogen and oxygen atoms in total. The highest BCUT2D eigenvalue weighted by Gasteiger charge is 2.23. The van der Waals surface area contributed by atoms with Crippen LogP contribution in [-0.4, -0.2) is 21.7 Å². The lowest BCUT2D eigenvalue weighted by molar-refractivity contribution is 0.434. The summed E-state index contributed by atoms with van der Waals surface area (Å²) in [5.74, 6) is 1.25. The standard InChI is InChI=1S/C21H24N4O/c1-14-13-15(2)23-18-10-6-9-17(20(14)18)22-12-11-19-24-25-21(26-19)16-7-4-3-5-8-16/h3-5,7-8,13,17,22H,6,9-12H2,1-2H3. The third-order valence-corrected chi connectivity index (χ3v) is 4.94. The van der Waals surface area contributed by atoms with Crippen LogP contribution in [0.4, 0.5) is 0 Å². The topological polar surface area (TPSA) is 63.8 Å². The summed E-state index contributed by atoms with van der Waals surface area (Å²) in [6.07, 6.45) is 4.14. The van der Waals surface area contributed by atoms with Crippen LogP contribution in [0.25, 0.3) is 11.5 Å². The molecule has 0 saturated heterocycles. The van der Waals surface area contributed by atoms with E-state index in [1.165, 1.54) is 23.2 Å². The summed E-state index contributed by atoms with van der Waals surface area (Å²) in [5, 5.41) is 12.0. The van der Waals surface area contributed by atoms with Crippen LogP contribution in [0.1, 0.15) is 47.3 Å². The zero-order valence-corrected chi connectivity index (χ0v) is 15.3. The molecule has 134 valence electrons. The van der Waals surface area contributed by atoms with Gasteiger partial charge in [-0.25, -0.2) is 0 Å². The van der Waals surface area contributed by atoms with E-state index in [0.29, 0.717) is 17.8 Å². The molecule has 0 amide bonds. The van der Waals surface area contributed by atoms with Gasteiger partial charge in [0.05, 0.1) is 0 Å². The van der Waals surface area contributed by atoms with Crippen molar-refractivity contribution in [2.24, 2.45) is 0 Å². The summed E-state index contributed by atoms with van der Waals surface area (Å²) < 4.78 is 5.79. The van der Waals surface area contributed by atoms with Crippen molar-refractivity contribution in [2.75, 3.05) is 6.54 Å². The fourth-order valence-corrected chi connectivity index (χ4v) is 3.82. The maximum absolute atomic E-state index is 5.79. The molecule has 2 heterocycles. The normalized spacial score (nSPS) is 16.5. The van der Waals surface area contributed by atoms with Crippen molar-refractivity contribution in [3.8, 4) is 11.5 Å². The van der Waals surface area contributed by atoms with Gasteiger partial charge in [-0.15, -0.1) is 10.2 Å². The Bertz CT molecular complexity index is 888. The van der Waals surface area contributed by atoms with E-state index >= 15 is 0 Å². The van der Waals surface area contributed by atoms with Crippen molar-refractivity contribution < 1.29 is 4.42 Å². The molecule has 4 rings (SSSR count). The summed E-state index contributed by atoms with van der Waals surface area (Å²) >= 11 is 0. The van der Waals surface area contributed by atoms with Gasteiger partial charge < -0.3 is 9.73 Å². The number of nitrogens with one attached hydrogen (secondary N) is 1. The SMILES string of the molecule is Cc1cc(C)c2c(n1)CCCC2NCCc1nnc(-c2ccccc2)o1. The summed E-state index contributed by atoms with van der Waals surface area (Å²) in [7, 11) is 0. The van der Waals surface area contributed by atoms with E-state index in [-0.39, 0.29) is 0 Å². The van der Waals surface area contributed by atoms with Crippen molar-refractivity contribution in [1.29, 1.82) is 0 Å². The average Bonchev–Trinajstić information content (AvgIpc) is 3.11. The third-order valence-electron chi connectivity index (χ3n) is 4.94. The largest absolute Gasteiger partial charge is 0.421 e. The van der Waals surface area contributed by atoms with Gasteiger partial charge in [-0.05, 0) is 62.4 Å². The molecule has 1 atom stereocenters. The molecule has 3 aromatic rings. The maximum Gasteiger partial charge on any atom is 0.247 e. The lowest BCUT2D eigenvalue weighted by Crippen LogP contribution is -2.28. The molecule has 26 heavy (non-hydrogen) atoms. The van der Waals surface area contributed by atoms with E-state index in [1.807, 2.05) is 30.3 Å². The highest BCUT2D eigenvalue weighted by atomic mass is 16.4. The lowest BCUT2D eigenvalue weighted by atomic mass is 9.88. The second-order valence-corrected chi connectivity index (χ2v) is 6.96. The second kappa shape index (κ2) is 7.38. The minimum atomic E-state index is 0.364. The number of rotatable bonds is 5. The quantitative estimate of drug-likeness (QED) is 0.756. The molecule has 1 unspecified atom stereocenters. The molecule has 5 heteroatoms. The number of hydrogen-bond donors (Lipinski definition) is 1. The van der Waals surface area contributed by atoms with E-state index in [9.17, 15) is 0 Å². The van der Waals surface area contributed by atoms with Crippen LogP contribution in [0, 0.1) is 13.8 Å². The minimum absolute atomic E-state index is 0.364. The molecule has 0 bridgehead atoms. The Labute approximate surface area is 153 Å². The van der Waals surface area contributed by atoms with Crippen LogP contribution in [-0.2, 0) is 12.8 Å². The Balaban J connectivity index is 1.40. The molecule has 0 spiro atoms. The van der Waals surface area contributed by atoms with Gasteiger partial charge in [0.1, 0.15) is 0 Å². The smallest absolute Gasteiger partial charge is 0.247 e. The predicted molar refractivity (Wildman–Crippen MR) is 101 cm³/mol. The number of aromatic nitrogens is 3. The Morgan fingerprint density at radius 2 is 2.00 bits per heavy atom. The van der Waals surface area contributed by atoms with Crippen molar-refractivity contribution in [1.82, 2.24) is 20.5 Å². The molecule has 1 aliphatic carbocycles.